The maximum absolute atomic E-state index is 12.1. The third-order valence-electron chi connectivity index (χ3n) is 3.52. The van der Waals surface area contributed by atoms with Gasteiger partial charge in [0.1, 0.15) is 5.69 Å². The fourth-order valence-corrected chi connectivity index (χ4v) is 2.01. The lowest BCUT2D eigenvalue weighted by Crippen LogP contribution is -2.24. The predicted molar refractivity (Wildman–Crippen MR) is 87.5 cm³/mol. The first-order valence-electron chi connectivity index (χ1n) is 7.34. The van der Waals surface area contributed by atoms with Crippen molar-refractivity contribution in [3.05, 3.63) is 65.0 Å². The fraction of sp³-hybridized carbons (Fsp3) is 0.278. The largest absolute Gasteiger partial charge is 0.478 e. The number of nitrogens with one attached hydrogen (secondary N) is 1. The Morgan fingerprint density at radius 2 is 1.74 bits per heavy atom. The van der Waals surface area contributed by atoms with Crippen molar-refractivity contribution in [3.8, 4) is 0 Å². The van der Waals surface area contributed by atoms with Crippen molar-refractivity contribution in [2.24, 2.45) is 0 Å². The summed E-state index contributed by atoms with van der Waals surface area (Å²) < 4.78 is 0. The van der Waals surface area contributed by atoms with E-state index >= 15 is 0 Å². The number of carbonyl (C=O) groups excluding carboxylic acids is 1. The first kappa shape index (κ1) is 16.7. The summed E-state index contributed by atoms with van der Waals surface area (Å²) in [6, 6.07) is 10.0. The number of carboxylic acid groups (broad SMARTS) is 1. The van der Waals surface area contributed by atoms with E-state index in [1.54, 1.807) is 24.4 Å². The summed E-state index contributed by atoms with van der Waals surface area (Å²) in [6.45, 7) is 6.58. The molecule has 0 bridgehead atoms. The smallest absolute Gasteiger partial charge is 0.335 e. The van der Waals surface area contributed by atoms with Crippen LogP contribution in [0.15, 0.2) is 42.6 Å². The number of aromatic nitrogens is 1. The second kappa shape index (κ2) is 6.60. The van der Waals surface area contributed by atoms with Crippen LogP contribution in [-0.2, 0) is 12.0 Å². The second-order valence-electron chi connectivity index (χ2n) is 6.37. The third-order valence-corrected chi connectivity index (χ3v) is 3.52. The third kappa shape index (κ3) is 4.39. The van der Waals surface area contributed by atoms with Crippen molar-refractivity contribution in [2.45, 2.75) is 32.7 Å². The van der Waals surface area contributed by atoms with Crippen molar-refractivity contribution >= 4 is 11.9 Å². The Hall–Kier alpha value is -2.69. The highest BCUT2D eigenvalue weighted by Gasteiger charge is 2.15. The Balaban J connectivity index is 1.98. The molecule has 23 heavy (non-hydrogen) atoms. The van der Waals surface area contributed by atoms with E-state index in [1.807, 2.05) is 6.07 Å². The number of hydrogen-bond acceptors (Lipinski definition) is 3. The molecule has 1 aromatic carbocycles. The molecule has 2 aromatic rings. The van der Waals surface area contributed by atoms with Crippen LogP contribution in [0.5, 0.6) is 0 Å². The molecule has 0 aliphatic carbocycles. The number of carboxylic acids is 1. The van der Waals surface area contributed by atoms with Crippen LogP contribution in [0.1, 0.15) is 52.7 Å². The lowest BCUT2D eigenvalue weighted by atomic mass is 9.88. The predicted octanol–water partition coefficient (Wildman–Crippen LogP) is 3.01. The van der Waals surface area contributed by atoms with E-state index in [9.17, 15) is 9.59 Å². The molecule has 0 unspecified atom stereocenters. The molecule has 1 amide bonds. The van der Waals surface area contributed by atoms with Crippen LogP contribution >= 0.6 is 0 Å². The molecule has 120 valence electrons. The van der Waals surface area contributed by atoms with Gasteiger partial charge in [-0.15, -0.1) is 0 Å². The summed E-state index contributed by atoms with van der Waals surface area (Å²) in [7, 11) is 0. The van der Waals surface area contributed by atoms with Gasteiger partial charge in [0, 0.05) is 12.7 Å². The van der Waals surface area contributed by atoms with E-state index in [0.29, 0.717) is 12.2 Å². The molecule has 1 aromatic heterocycles. The van der Waals surface area contributed by atoms with Gasteiger partial charge < -0.3 is 10.4 Å². The SMILES string of the molecule is CC(C)(C)c1ccc(C(=O)NCc2ccc(C(=O)O)cc2)nc1. The van der Waals surface area contributed by atoms with Gasteiger partial charge in [0.25, 0.3) is 5.91 Å². The zero-order valence-electron chi connectivity index (χ0n) is 13.5. The number of aromatic carboxylic acids is 1. The minimum Gasteiger partial charge on any atom is -0.478 e. The van der Waals surface area contributed by atoms with Crippen LogP contribution in [0.25, 0.3) is 0 Å². The minimum absolute atomic E-state index is 0.00606. The van der Waals surface area contributed by atoms with Gasteiger partial charge in [0.05, 0.1) is 5.56 Å². The summed E-state index contributed by atoms with van der Waals surface area (Å²) in [6.07, 6.45) is 1.72. The first-order valence-corrected chi connectivity index (χ1v) is 7.34. The average molecular weight is 312 g/mol. The normalized spacial score (nSPS) is 11.1. The van der Waals surface area contributed by atoms with Gasteiger partial charge in [-0.1, -0.05) is 39.0 Å². The van der Waals surface area contributed by atoms with Crippen molar-refractivity contribution in [3.63, 3.8) is 0 Å². The standard InChI is InChI=1S/C18H20N2O3/c1-18(2,3)14-8-9-15(19-11-14)16(21)20-10-12-4-6-13(7-5-12)17(22)23/h4-9,11H,10H2,1-3H3,(H,20,21)(H,22,23). The fourth-order valence-electron chi connectivity index (χ4n) is 2.01. The van der Waals surface area contributed by atoms with Crippen LogP contribution in [0.2, 0.25) is 0 Å². The maximum atomic E-state index is 12.1. The Morgan fingerprint density at radius 1 is 1.09 bits per heavy atom. The Kier molecular flexibility index (Phi) is 4.79. The van der Waals surface area contributed by atoms with Crippen LogP contribution < -0.4 is 5.32 Å². The van der Waals surface area contributed by atoms with Gasteiger partial charge in [-0.3, -0.25) is 9.78 Å². The number of hydrogen-bond donors (Lipinski definition) is 2. The minimum atomic E-state index is -0.969. The van der Waals surface area contributed by atoms with E-state index in [-0.39, 0.29) is 16.9 Å². The lowest BCUT2D eigenvalue weighted by Gasteiger charge is -2.18. The second-order valence-corrected chi connectivity index (χ2v) is 6.37. The number of carbonyl (C=O) groups is 2. The molecule has 0 saturated carbocycles. The quantitative estimate of drug-likeness (QED) is 0.909. The molecule has 0 fully saturated rings. The van der Waals surface area contributed by atoms with Gasteiger partial charge in [0.2, 0.25) is 0 Å². The summed E-state index contributed by atoms with van der Waals surface area (Å²) >= 11 is 0. The molecule has 0 saturated heterocycles. The summed E-state index contributed by atoms with van der Waals surface area (Å²) in [5, 5.41) is 11.6. The van der Waals surface area contributed by atoms with Crippen LogP contribution in [-0.4, -0.2) is 22.0 Å². The number of amides is 1. The Bertz CT molecular complexity index is 699. The molecule has 0 spiro atoms. The Labute approximate surface area is 135 Å². The van der Waals surface area contributed by atoms with Gasteiger partial charge in [-0.05, 0) is 34.7 Å². The highest BCUT2D eigenvalue weighted by molar-refractivity contribution is 5.92. The van der Waals surface area contributed by atoms with Crippen molar-refractivity contribution in [2.75, 3.05) is 0 Å². The average Bonchev–Trinajstić information content (AvgIpc) is 2.52. The molecule has 0 aliphatic rings. The zero-order valence-corrected chi connectivity index (χ0v) is 13.5. The van der Waals surface area contributed by atoms with Crippen molar-refractivity contribution < 1.29 is 14.7 Å². The first-order chi connectivity index (χ1) is 10.8. The lowest BCUT2D eigenvalue weighted by molar-refractivity contribution is 0.0696. The van der Waals surface area contributed by atoms with E-state index in [2.05, 4.69) is 31.1 Å². The molecular weight excluding hydrogens is 292 g/mol. The molecule has 5 heteroatoms. The molecular formula is C18H20N2O3. The van der Waals surface area contributed by atoms with Crippen LogP contribution in [0.3, 0.4) is 0 Å². The highest BCUT2D eigenvalue weighted by Crippen LogP contribution is 2.20. The number of nitrogens with zero attached hydrogens (tertiary/aromatic N) is 1. The monoisotopic (exact) mass is 312 g/mol. The van der Waals surface area contributed by atoms with Gasteiger partial charge in [0.15, 0.2) is 0 Å². The van der Waals surface area contributed by atoms with Crippen molar-refractivity contribution in [1.29, 1.82) is 0 Å². The molecule has 2 rings (SSSR count). The van der Waals surface area contributed by atoms with E-state index in [4.69, 9.17) is 5.11 Å². The number of rotatable bonds is 4. The number of pyridine rings is 1. The molecule has 0 radical (unpaired) electrons. The van der Waals surface area contributed by atoms with Gasteiger partial charge in [-0.25, -0.2) is 4.79 Å². The van der Waals surface area contributed by atoms with Crippen LogP contribution in [0.4, 0.5) is 0 Å². The van der Waals surface area contributed by atoms with Gasteiger partial charge in [-0.2, -0.15) is 0 Å². The van der Waals surface area contributed by atoms with Gasteiger partial charge >= 0.3 is 5.97 Å². The number of benzene rings is 1. The molecule has 2 N–H and O–H groups in total. The topological polar surface area (TPSA) is 79.3 Å². The summed E-state index contributed by atoms with van der Waals surface area (Å²) in [4.78, 5) is 27.1. The molecule has 1 heterocycles. The highest BCUT2D eigenvalue weighted by atomic mass is 16.4. The summed E-state index contributed by atoms with van der Waals surface area (Å²) in [5.74, 6) is -1.23. The Morgan fingerprint density at radius 3 is 2.22 bits per heavy atom. The van der Waals surface area contributed by atoms with Crippen LogP contribution in [0, 0.1) is 0 Å². The molecule has 5 nitrogen and oxygen atoms in total. The maximum Gasteiger partial charge on any atom is 0.335 e. The van der Waals surface area contributed by atoms with E-state index < -0.39 is 5.97 Å². The summed E-state index contributed by atoms with van der Waals surface area (Å²) in [5.41, 5.74) is 2.47. The zero-order chi connectivity index (χ0) is 17.0. The van der Waals surface area contributed by atoms with Crippen molar-refractivity contribution in [1.82, 2.24) is 10.3 Å². The van der Waals surface area contributed by atoms with E-state index in [1.165, 1.54) is 12.1 Å². The molecule has 0 atom stereocenters. The van der Waals surface area contributed by atoms with E-state index in [0.717, 1.165) is 11.1 Å². The molecule has 0 aliphatic heterocycles.